The van der Waals surface area contributed by atoms with Gasteiger partial charge in [-0.15, -0.1) is 6.42 Å². The number of nitrogens with zero attached hydrogens (tertiary/aromatic N) is 1. The molecule has 1 aromatic carbocycles. The first-order valence-electron chi connectivity index (χ1n) is 5.57. The molecule has 2 amide bonds. The molecule has 18 heavy (non-hydrogen) atoms. The fourth-order valence-electron chi connectivity index (χ4n) is 1.62. The van der Waals surface area contributed by atoms with Gasteiger partial charge in [0, 0.05) is 4.47 Å². The van der Waals surface area contributed by atoms with Crippen LogP contribution in [0.15, 0.2) is 28.7 Å². The second-order valence-corrected chi connectivity index (χ2v) is 4.88. The molecule has 1 aliphatic heterocycles. The molecule has 0 spiro atoms. The first kappa shape index (κ1) is 12.8. The van der Waals surface area contributed by atoms with Crippen LogP contribution in [0, 0.1) is 12.3 Å². The highest BCUT2D eigenvalue weighted by Gasteiger charge is 2.31. The van der Waals surface area contributed by atoms with Gasteiger partial charge in [-0.25, -0.2) is 4.79 Å². The summed E-state index contributed by atoms with van der Waals surface area (Å²) in [6, 6.07) is 7.50. The SMILES string of the molecule is C#CCNC(=O)N1CC(Oc2ccc(Br)cc2)C1. The number of urea groups is 1. The Bertz CT molecular complexity index is 461. The number of hydrogen-bond donors (Lipinski definition) is 1. The fraction of sp³-hybridized carbons (Fsp3) is 0.308. The van der Waals surface area contributed by atoms with Crippen LogP contribution in [0.25, 0.3) is 0 Å². The predicted molar refractivity (Wildman–Crippen MR) is 72.4 cm³/mol. The number of nitrogens with one attached hydrogen (secondary N) is 1. The number of ether oxygens (including phenoxy) is 1. The van der Waals surface area contributed by atoms with E-state index >= 15 is 0 Å². The first-order chi connectivity index (χ1) is 8.69. The van der Waals surface area contributed by atoms with Crippen molar-refractivity contribution >= 4 is 22.0 Å². The van der Waals surface area contributed by atoms with Crippen LogP contribution in [0.5, 0.6) is 5.75 Å². The molecule has 1 aromatic rings. The van der Waals surface area contributed by atoms with Gasteiger partial charge < -0.3 is 15.0 Å². The lowest BCUT2D eigenvalue weighted by Gasteiger charge is -2.38. The molecule has 5 heteroatoms. The minimum Gasteiger partial charge on any atom is -0.487 e. The van der Waals surface area contributed by atoms with Gasteiger partial charge in [0.05, 0.1) is 19.6 Å². The summed E-state index contributed by atoms with van der Waals surface area (Å²) in [6.07, 6.45) is 5.12. The summed E-state index contributed by atoms with van der Waals surface area (Å²) in [7, 11) is 0. The van der Waals surface area contributed by atoms with E-state index in [4.69, 9.17) is 11.2 Å². The summed E-state index contributed by atoms with van der Waals surface area (Å²) in [5.74, 6) is 3.18. The van der Waals surface area contributed by atoms with Crippen molar-refractivity contribution in [3.05, 3.63) is 28.7 Å². The van der Waals surface area contributed by atoms with Crippen LogP contribution < -0.4 is 10.1 Å². The Balaban J connectivity index is 1.75. The van der Waals surface area contributed by atoms with E-state index < -0.39 is 0 Å². The quantitative estimate of drug-likeness (QED) is 0.866. The maximum atomic E-state index is 11.5. The number of benzene rings is 1. The van der Waals surface area contributed by atoms with Crippen LogP contribution in [0.4, 0.5) is 4.79 Å². The van der Waals surface area contributed by atoms with Gasteiger partial charge in [0.1, 0.15) is 11.9 Å². The van der Waals surface area contributed by atoms with Crippen LogP contribution in [-0.2, 0) is 0 Å². The average molecular weight is 309 g/mol. The van der Waals surface area contributed by atoms with Crippen LogP contribution in [0.3, 0.4) is 0 Å². The summed E-state index contributed by atoms with van der Waals surface area (Å²) < 4.78 is 6.72. The second-order valence-electron chi connectivity index (χ2n) is 3.96. The Morgan fingerprint density at radius 1 is 1.50 bits per heavy atom. The maximum absolute atomic E-state index is 11.5. The van der Waals surface area contributed by atoms with Gasteiger partial charge in [0.15, 0.2) is 0 Å². The van der Waals surface area contributed by atoms with Crippen molar-refractivity contribution in [2.24, 2.45) is 0 Å². The number of halogens is 1. The van der Waals surface area contributed by atoms with Crippen molar-refractivity contribution in [3.63, 3.8) is 0 Å². The van der Waals surface area contributed by atoms with Gasteiger partial charge in [0.2, 0.25) is 0 Å². The van der Waals surface area contributed by atoms with E-state index in [0.717, 1.165) is 10.2 Å². The Hall–Kier alpha value is -1.67. The van der Waals surface area contributed by atoms with E-state index in [0.29, 0.717) is 13.1 Å². The normalized spacial score (nSPS) is 14.6. The molecule has 0 atom stereocenters. The molecule has 1 aliphatic rings. The lowest BCUT2D eigenvalue weighted by Crippen LogP contribution is -2.58. The van der Waals surface area contributed by atoms with Gasteiger partial charge in [0.25, 0.3) is 0 Å². The van der Waals surface area contributed by atoms with Gasteiger partial charge in [-0.05, 0) is 24.3 Å². The number of terminal acetylenes is 1. The van der Waals surface area contributed by atoms with Crippen LogP contribution in [-0.4, -0.2) is 36.7 Å². The molecule has 0 radical (unpaired) electrons. The van der Waals surface area contributed by atoms with Crippen molar-refractivity contribution in [1.82, 2.24) is 10.2 Å². The minimum absolute atomic E-state index is 0.0581. The second kappa shape index (κ2) is 5.78. The molecule has 4 nitrogen and oxygen atoms in total. The molecule has 0 aromatic heterocycles. The molecule has 0 saturated carbocycles. The molecule has 0 unspecified atom stereocenters. The molecule has 2 rings (SSSR count). The number of rotatable bonds is 3. The molecule has 1 saturated heterocycles. The third-order valence-corrected chi connectivity index (χ3v) is 3.12. The monoisotopic (exact) mass is 308 g/mol. The smallest absolute Gasteiger partial charge is 0.318 e. The zero-order valence-corrected chi connectivity index (χ0v) is 11.3. The zero-order valence-electron chi connectivity index (χ0n) is 9.73. The van der Waals surface area contributed by atoms with E-state index in [-0.39, 0.29) is 18.7 Å². The lowest BCUT2D eigenvalue weighted by atomic mass is 10.2. The lowest BCUT2D eigenvalue weighted by molar-refractivity contribution is 0.0448. The van der Waals surface area contributed by atoms with E-state index in [9.17, 15) is 4.79 Å². The van der Waals surface area contributed by atoms with Gasteiger partial charge in [-0.2, -0.15) is 0 Å². The Kier molecular flexibility index (Phi) is 4.11. The molecular weight excluding hydrogens is 296 g/mol. The minimum atomic E-state index is -0.136. The highest BCUT2D eigenvalue weighted by Crippen LogP contribution is 2.20. The maximum Gasteiger partial charge on any atom is 0.318 e. The van der Waals surface area contributed by atoms with E-state index in [1.165, 1.54) is 0 Å². The summed E-state index contributed by atoms with van der Waals surface area (Å²) in [5, 5.41) is 2.62. The van der Waals surface area contributed by atoms with Crippen LogP contribution >= 0.6 is 15.9 Å². The van der Waals surface area contributed by atoms with Gasteiger partial charge in [-0.1, -0.05) is 21.9 Å². The third-order valence-electron chi connectivity index (χ3n) is 2.59. The summed E-state index contributed by atoms with van der Waals surface area (Å²) >= 11 is 3.36. The van der Waals surface area contributed by atoms with E-state index in [1.54, 1.807) is 4.90 Å². The average Bonchev–Trinajstić information content (AvgIpc) is 2.32. The standard InChI is InChI=1S/C13H13BrN2O2/c1-2-7-15-13(17)16-8-12(9-16)18-11-5-3-10(14)4-6-11/h1,3-6,12H,7-9H2,(H,15,17). The van der Waals surface area contributed by atoms with Crippen LogP contribution in [0.1, 0.15) is 0 Å². The van der Waals surface area contributed by atoms with E-state index in [1.807, 2.05) is 24.3 Å². The van der Waals surface area contributed by atoms with Crippen molar-refractivity contribution in [1.29, 1.82) is 0 Å². The summed E-state index contributed by atoms with van der Waals surface area (Å²) in [4.78, 5) is 13.2. The molecule has 1 heterocycles. The van der Waals surface area contributed by atoms with Crippen molar-refractivity contribution in [2.75, 3.05) is 19.6 Å². The largest absolute Gasteiger partial charge is 0.487 e. The van der Waals surface area contributed by atoms with E-state index in [2.05, 4.69) is 27.2 Å². The highest BCUT2D eigenvalue weighted by molar-refractivity contribution is 9.10. The zero-order chi connectivity index (χ0) is 13.0. The number of carbonyl (C=O) groups excluding carboxylic acids is 1. The number of likely N-dealkylation sites (tertiary alicyclic amines) is 1. The Labute approximate surface area is 114 Å². The van der Waals surface area contributed by atoms with Crippen LogP contribution in [0.2, 0.25) is 0 Å². The first-order valence-corrected chi connectivity index (χ1v) is 6.37. The highest BCUT2D eigenvalue weighted by atomic mass is 79.9. The predicted octanol–water partition coefficient (Wildman–Crippen LogP) is 1.85. The number of amides is 2. The number of carbonyl (C=O) groups is 1. The van der Waals surface area contributed by atoms with Gasteiger partial charge in [-0.3, -0.25) is 0 Å². The topological polar surface area (TPSA) is 41.6 Å². The molecule has 1 fully saturated rings. The molecule has 0 bridgehead atoms. The Morgan fingerprint density at radius 2 is 2.17 bits per heavy atom. The van der Waals surface area contributed by atoms with Gasteiger partial charge >= 0.3 is 6.03 Å². The van der Waals surface area contributed by atoms with Crippen molar-refractivity contribution in [3.8, 4) is 18.1 Å². The van der Waals surface area contributed by atoms with Crippen molar-refractivity contribution < 1.29 is 9.53 Å². The fourth-order valence-corrected chi connectivity index (χ4v) is 1.89. The molecular formula is C13H13BrN2O2. The number of hydrogen-bond acceptors (Lipinski definition) is 2. The molecule has 1 N–H and O–H groups in total. The summed E-state index contributed by atoms with van der Waals surface area (Å²) in [5.41, 5.74) is 0. The summed E-state index contributed by atoms with van der Waals surface area (Å²) in [6.45, 7) is 1.44. The van der Waals surface area contributed by atoms with Crippen molar-refractivity contribution in [2.45, 2.75) is 6.10 Å². The molecule has 0 aliphatic carbocycles. The molecule has 94 valence electrons. The Morgan fingerprint density at radius 3 is 2.78 bits per heavy atom. The third kappa shape index (κ3) is 3.17.